The molecule has 0 unspecified atom stereocenters. The van der Waals surface area contributed by atoms with Gasteiger partial charge in [0.2, 0.25) is 0 Å². The van der Waals surface area contributed by atoms with Crippen LogP contribution < -0.4 is 20.7 Å². The molecule has 0 spiro atoms. The first kappa shape index (κ1) is 39.1. The Morgan fingerprint density at radius 3 is 2.18 bits per heavy atom. The molecule has 0 fully saturated rings. The number of carbonyl (C=O) groups is 2. The molecule has 3 amide bonds. The van der Waals surface area contributed by atoms with Gasteiger partial charge in [0.1, 0.15) is 17.2 Å². The number of aryl methyl sites for hydroxylation is 1. The molecular weight excluding hydrogens is 717 g/mol. The predicted octanol–water partition coefficient (Wildman–Crippen LogP) is 7.06. The quantitative estimate of drug-likeness (QED) is 0.0761. The summed E-state index contributed by atoms with van der Waals surface area (Å²) in [5, 5.41) is 7.05. The van der Waals surface area contributed by atoms with Crippen molar-refractivity contribution in [3.63, 3.8) is 0 Å². The largest absolute Gasteiger partial charge is 0.457 e. The number of nitrogens with one attached hydrogen (secondary N) is 3. The zero-order valence-corrected chi connectivity index (χ0v) is 28.7. The van der Waals surface area contributed by atoms with E-state index in [2.05, 4.69) is 20.9 Å². The van der Waals surface area contributed by atoms with Crippen LogP contribution >= 0.6 is 11.6 Å². The Hall–Kier alpha value is -4.74. The highest BCUT2D eigenvalue weighted by atomic mass is 35.5. The molecule has 1 heterocycles. The van der Waals surface area contributed by atoms with Crippen LogP contribution in [0.25, 0.3) is 0 Å². The van der Waals surface area contributed by atoms with E-state index in [1.165, 1.54) is 42.6 Å². The van der Waals surface area contributed by atoms with Crippen molar-refractivity contribution in [2.45, 2.75) is 24.4 Å². The lowest BCUT2D eigenvalue weighted by atomic mass is 10.2. The first-order chi connectivity index (χ1) is 24.3. The number of aromatic nitrogens is 1. The van der Waals surface area contributed by atoms with E-state index in [9.17, 15) is 31.2 Å². The SMILES string of the molecule is Cc1ccc(S(=O)(=O)OCCCOCCOCCNC(=O)c2cc(Oc3ccc(NC(=O)Nc4ccc(Cl)c(C(F)(F)F)c4)cc3)ccn2)cc1. The summed E-state index contributed by atoms with van der Waals surface area (Å²) in [5.74, 6) is 0.249. The summed E-state index contributed by atoms with van der Waals surface area (Å²) in [6.07, 6.45) is -2.89. The van der Waals surface area contributed by atoms with Crippen LogP contribution in [0.15, 0.2) is 90.0 Å². The van der Waals surface area contributed by atoms with E-state index in [0.29, 0.717) is 23.6 Å². The third-order valence-electron chi connectivity index (χ3n) is 6.73. The number of alkyl halides is 3. The fourth-order valence-corrected chi connectivity index (χ4v) is 5.37. The summed E-state index contributed by atoms with van der Waals surface area (Å²) < 4.78 is 85.3. The van der Waals surface area contributed by atoms with Gasteiger partial charge in [0, 0.05) is 36.8 Å². The molecule has 0 aliphatic heterocycles. The van der Waals surface area contributed by atoms with Crippen LogP contribution in [0.5, 0.6) is 11.5 Å². The minimum Gasteiger partial charge on any atom is -0.457 e. The van der Waals surface area contributed by atoms with Crippen molar-refractivity contribution in [3.8, 4) is 11.5 Å². The van der Waals surface area contributed by atoms with E-state index in [-0.39, 0.29) is 55.9 Å². The molecule has 4 rings (SSSR count). The molecule has 0 saturated heterocycles. The second-order valence-corrected chi connectivity index (χ2v) is 12.7. The van der Waals surface area contributed by atoms with Gasteiger partial charge in [-0.1, -0.05) is 29.3 Å². The maximum Gasteiger partial charge on any atom is 0.417 e. The molecule has 12 nitrogen and oxygen atoms in total. The Morgan fingerprint density at radius 1 is 0.804 bits per heavy atom. The lowest BCUT2D eigenvalue weighted by molar-refractivity contribution is -0.137. The number of ether oxygens (including phenoxy) is 3. The minimum absolute atomic E-state index is 0.0123. The molecule has 3 aromatic carbocycles. The minimum atomic E-state index is -4.67. The van der Waals surface area contributed by atoms with Crippen LogP contribution in [0.4, 0.5) is 29.3 Å². The Balaban J connectivity index is 1.10. The second-order valence-electron chi connectivity index (χ2n) is 10.7. The zero-order valence-electron chi connectivity index (χ0n) is 27.2. The Bertz CT molecular complexity index is 1880. The number of anilines is 2. The highest BCUT2D eigenvalue weighted by Gasteiger charge is 2.33. The van der Waals surface area contributed by atoms with Gasteiger partial charge in [0.15, 0.2) is 0 Å². The summed E-state index contributed by atoms with van der Waals surface area (Å²) in [6.45, 7) is 3.11. The molecule has 0 saturated carbocycles. The standard InChI is InChI=1S/C34H34ClF3N4O8S/c1-23-3-10-28(11-4-23)51(45,46)49-17-2-16-47-19-20-48-18-15-40-32(43)31-22-27(13-14-39-31)50-26-8-5-24(6-9-26)41-33(44)42-25-7-12-30(35)29(21-25)34(36,37)38/h3-14,21-22H,2,15-20H2,1H3,(H,40,43)(H2,41,42,44). The van der Waals surface area contributed by atoms with Gasteiger partial charge in [0.05, 0.1) is 41.9 Å². The molecule has 1 aromatic heterocycles. The number of nitrogens with zero attached hydrogens (tertiary/aromatic N) is 1. The predicted molar refractivity (Wildman–Crippen MR) is 183 cm³/mol. The molecule has 4 aromatic rings. The van der Waals surface area contributed by atoms with Crippen LogP contribution in [0.2, 0.25) is 5.02 Å². The number of rotatable bonds is 17. The number of amides is 3. The fraction of sp³-hybridized carbons (Fsp3) is 0.265. The number of pyridine rings is 1. The van der Waals surface area contributed by atoms with E-state index < -0.39 is 38.8 Å². The Kier molecular flexibility index (Phi) is 14.2. The maximum absolute atomic E-state index is 13.1. The van der Waals surface area contributed by atoms with E-state index >= 15 is 0 Å². The monoisotopic (exact) mass is 750 g/mol. The van der Waals surface area contributed by atoms with E-state index in [0.717, 1.165) is 17.7 Å². The molecule has 272 valence electrons. The van der Waals surface area contributed by atoms with Crippen molar-refractivity contribution >= 4 is 45.0 Å². The molecule has 0 atom stereocenters. The lowest BCUT2D eigenvalue weighted by Gasteiger charge is -2.12. The first-order valence-electron chi connectivity index (χ1n) is 15.4. The van der Waals surface area contributed by atoms with Crippen molar-refractivity contribution in [3.05, 3.63) is 107 Å². The molecular formula is C34H34ClF3N4O8S. The third-order valence-corrected chi connectivity index (χ3v) is 8.38. The Labute approximate surface area is 297 Å². The summed E-state index contributed by atoms with van der Waals surface area (Å²) in [4.78, 5) is 29.0. The smallest absolute Gasteiger partial charge is 0.417 e. The number of hydrogen-bond donors (Lipinski definition) is 3. The highest BCUT2D eigenvalue weighted by molar-refractivity contribution is 7.86. The number of urea groups is 1. The fourth-order valence-electron chi connectivity index (χ4n) is 4.21. The number of hydrogen-bond acceptors (Lipinski definition) is 9. The molecule has 0 bridgehead atoms. The third kappa shape index (κ3) is 12.8. The Morgan fingerprint density at radius 2 is 1.47 bits per heavy atom. The van der Waals surface area contributed by atoms with Gasteiger partial charge in [-0.3, -0.25) is 14.0 Å². The van der Waals surface area contributed by atoms with Gasteiger partial charge in [0.25, 0.3) is 16.0 Å². The summed E-state index contributed by atoms with van der Waals surface area (Å²) in [6, 6.07) is 17.8. The number of benzene rings is 3. The molecule has 0 radical (unpaired) electrons. The van der Waals surface area contributed by atoms with Gasteiger partial charge in [-0.25, -0.2) is 4.79 Å². The van der Waals surface area contributed by atoms with Crippen LogP contribution in [0.3, 0.4) is 0 Å². The number of carbonyl (C=O) groups excluding carboxylic acids is 2. The van der Waals surface area contributed by atoms with Crippen LogP contribution in [0, 0.1) is 6.92 Å². The van der Waals surface area contributed by atoms with Gasteiger partial charge < -0.3 is 30.2 Å². The average Bonchev–Trinajstić information content (AvgIpc) is 3.08. The molecule has 17 heteroatoms. The van der Waals surface area contributed by atoms with E-state index in [1.54, 1.807) is 30.3 Å². The van der Waals surface area contributed by atoms with Crippen LogP contribution in [-0.4, -0.2) is 64.9 Å². The van der Waals surface area contributed by atoms with Crippen LogP contribution in [-0.2, 0) is 30.0 Å². The number of halogens is 4. The molecule has 0 aliphatic rings. The van der Waals surface area contributed by atoms with Gasteiger partial charge in [-0.05, 0) is 74.0 Å². The van der Waals surface area contributed by atoms with Crippen molar-refractivity contribution < 1.29 is 49.6 Å². The molecule has 51 heavy (non-hydrogen) atoms. The van der Waals surface area contributed by atoms with Crippen molar-refractivity contribution in [2.75, 3.05) is 50.2 Å². The normalized spacial score (nSPS) is 11.5. The van der Waals surface area contributed by atoms with Gasteiger partial charge in [-0.2, -0.15) is 21.6 Å². The van der Waals surface area contributed by atoms with Crippen molar-refractivity contribution in [1.82, 2.24) is 10.3 Å². The molecule has 3 N–H and O–H groups in total. The van der Waals surface area contributed by atoms with E-state index in [1.807, 2.05) is 6.92 Å². The highest BCUT2D eigenvalue weighted by Crippen LogP contribution is 2.36. The van der Waals surface area contributed by atoms with Gasteiger partial charge in [-0.15, -0.1) is 0 Å². The molecule has 0 aliphatic carbocycles. The summed E-state index contributed by atoms with van der Waals surface area (Å²) in [7, 11) is -3.81. The van der Waals surface area contributed by atoms with Crippen molar-refractivity contribution in [2.24, 2.45) is 0 Å². The lowest BCUT2D eigenvalue weighted by Crippen LogP contribution is -2.28. The zero-order chi connectivity index (χ0) is 36.9. The second kappa shape index (κ2) is 18.5. The van der Waals surface area contributed by atoms with Gasteiger partial charge >= 0.3 is 12.2 Å². The summed E-state index contributed by atoms with van der Waals surface area (Å²) in [5.41, 5.74) is 0.228. The maximum atomic E-state index is 13.1. The van der Waals surface area contributed by atoms with Crippen molar-refractivity contribution in [1.29, 1.82) is 0 Å². The average molecular weight is 751 g/mol. The topological polar surface area (TPSA) is 154 Å². The first-order valence-corrected chi connectivity index (χ1v) is 17.2. The van der Waals surface area contributed by atoms with Crippen LogP contribution in [0.1, 0.15) is 28.0 Å². The summed E-state index contributed by atoms with van der Waals surface area (Å²) >= 11 is 5.61. The van der Waals surface area contributed by atoms with E-state index in [4.69, 9.17) is 30.0 Å².